The summed E-state index contributed by atoms with van der Waals surface area (Å²) in [6.45, 7) is 2.34. The van der Waals surface area contributed by atoms with E-state index in [0.717, 1.165) is 54.0 Å². The number of amides is 2. The van der Waals surface area contributed by atoms with Crippen LogP contribution in [0, 0.1) is 12.1 Å². The van der Waals surface area contributed by atoms with Gasteiger partial charge in [0.15, 0.2) is 0 Å². The molecule has 1 aromatic heterocycles. The van der Waals surface area contributed by atoms with E-state index in [-0.39, 0.29) is 5.88 Å². The van der Waals surface area contributed by atoms with Crippen molar-refractivity contribution in [3.8, 4) is 0 Å². The Morgan fingerprint density at radius 2 is 1.73 bits per heavy atom. The highest BCUT2D eigenvalue weighted by Gasteiger charge is 2.37. The number of aromatic nitrogens is 1. The van der Waals surface area contributed by atoms with E-state index in [0.29, 0.717) is 37.4 Å². The zero-order valence-electron chi connectivity index (χ0n) is 18.5. The highest BCUT2D eigenvalue weighted by Crippen LogP contribution is 2.39. The van der Waals surface area contributed by atoms with Gasteiger partial charge in [-0.1, -0.05) is 11.2 Å². The lowest BCUT2D eigenvalue weighted by Gasteiger charge is -2.38. The molecule has 5 rings (SSSR count). The van der Waals surface area contributed by atoms with Crippen LogP contribution < -0.4 is 9.62 Å². The molecule has 1 N–H and O–H groups in total. The second-order valence-electron chi connectivity index (χ2n) is 8.84. The Balaban J connectivity index is 1.45. The van der Waals surface area contributed by atoms with Crippen LogP contribution >= 0.6 is 0 Å². The lowest BCUT2D eigenvalue weighted by Crippen LogP contribution is -2.51. The third kappa shape index (κ3) is 3.98. The molecule has 2 aliphatic carbocycles. The number of nitrogens with zero attached hydrogens (tertiary/aromatic N) is 3. The van der Waals surface area contributed by atoms with Crippen molar-refractivity contribution in [3.05, 3.63) is 45.3 Å². The molecule has 33 heavy (non-hydrogen) atoms. The molecule has 2 heterocycles. The number of aryl methyl sites for hydroxylation is 3. The number of hydroxylamine groups is 1. The highest BCUT2D eigenvalue weighted by atomic mass is 32.2. The Morgan fingerprint density at radius 3 is 2.30 bits per heavy atom. The quantitative estimate of drug-likeness (QED) is 0.658. The van der Waals surface area contributed by atoms with Crippen molar-refractivity contribution in [2.45, 2.75) is 64.3 Å². The summed E-state index contributed by atoms with van der Waals surface area (Å²) in [5.41, 5.74) is 5.46. The van der Waals surface area contributed by atoms with Gasteiger partial charge in [0.1, 0.15) is 0 Å². The second-order valence-corrected chi connectivity index (χ2v) is 10.5. The minimum atomic E-state index is -4.78. The highest BCUT2D eigenvalue weighted by molar-refractivity contribution is 7.91. The van der Waals surface area contributed by atoms with Crippen molar-refractivity contribution in [2.75, 3.05) is 22.8 Å². The Labute approximate surface area is 192 Å². The molecule has 0 spiro atoms. The molecule has 11 heteroatoms. The zero-order valence-corrected chi connectivity index (χ0v) is 19.3. The van der Waals surface area contributed by atoms with Gasteiger partial charge in [0.25, 0.3) is 0 Å². The van der Waals surface area contributed by atoms with Gasteiger partial charge >= 0.3 is 16.2 Å². The first kappa shape index (κ1) is 22.2. The van der Waals surface area contributed by atoms with E-state index in [2.05, 4.69) is 16.5 Å². The minimum absolute atomic E-state index is 0.0884. The fraction of sp³-hybridized carbons (Fsp3) is 0.545. The summed E-state index contributed by atoms with van der Waals surface area (Å²) in [6.07, 6.45) is 6.14. The molecule has 1 saturated heterocycles. The SMILES string of the molecule is Cc1cc(N(C2CCOCC2)S(=O)(=O)N([O-])C(=O)Nc2c3c(cc4c2CCC4)CCC3)on1. The lowest BCUT2D eigenvalue weighted by atomic mass is 9.99. The van der Waals surface area contributed by atoms with E-state index >= 15 is 0 Å². The predicted molar refractivity (Wildman–Crippen MR) is 121 cm³/mol. The van der Waals surface area contributed by atoms with E-state index in [1.165, 1.54) is 17.2 Å². The molecule has 0 unspecified atom stereocenters. The predicted octanol–water partition coefficient (Wildman–Crippen LogP) is 3.22. The summed E-state index contributed by atoms with van der Waals surface area (Å²) < 4.78 is 37.7. The van der Waals surface area contributed by atoms with Crippen LogP contribution in [0.3, 0.4) is 0 Å². The average molecular weight is 476 g/mol. The van der Waals surface area contributed by atoms with Gasteiger partial charge in [0.05, 0.1) is 11.7 Å². The van der Waals surface area contributed by atoms with Crippen LogP contribution in [0.25, 0.3) is 0 Å². The van der Waals surface area contributed by atoms with Gasteiger partial charge in [-0.25, -0.2) is 9.10 Å². The maximum Gasteiger partial charge on any atom is 0.326 e. The number of benzene rings is 1. The van der Waals surface area contributed by atoms with Crippen LogP contribution in [0.2, 0.25) is 0 Å². The molecular formula is C22H27N4O6S-. The molecule has 3 aliphatic rings. The van der Waals surface area contributed by atoms with Crippen LogP contribution in [0.1, 0.15) is 53.6 Å². The van der Waals surface area contributed by atoms with Crippen molar-refractivity contribution < 1.29 is 22.5 Å². The average Bonchev–Trinajstić information content (AvgIpc) is 3.55. The fourth-order valence-corrected chi connectivity index (χ4v) is 6.48. The van der Waals surface area contributed by atoms with Crippen LogP contribution in [0.5, 0.6) is 0 Å². The Hall–Kier alpha value is -2.63. The molecule has 1 aromatic carbocycles. The number of urea groups is 1. The molecule has 178 valence electrons. The smallest absolute Gasteiger partial charge is 0.326 e. The zero-order chi connectivity index (χ0) is 23.2. The monoisotopic (exact) mass is 475 g/mol. The maximum atomic E-state index is 13.4. The van der Waals surface area contributed by atoms with E-state index in [1.54, 1.807) is 6.92 Å². The fourth-order valence-electron chi connectivity index (χ4n) is 5.16. The molecule has 2 aromatic rings. The van der Waals surface area contributed by atoms with E-state index < -0.39 is 26.8 Å². The van der Waals surface area contributed by atoms with Crippen molar-refractivity contribution in [1.82, 2.24) is 9.63 Å². The number of rotatable bonds is 5. The number of hydrogen-bond donors (Lipinski definition) is 1. The Morgan fingerprint density at radius 1 is 1.09 bits per heavy atom. The van der Waals surface area contributed by atoms with Crippen LogP contribution in [-0.4, -0.2) is 43.3 Å². The summed E-state index contributed by atoms with van der Waals surface area (Å²) in [4.78, 5) is 13.0. The number of ether oxygens (including phenoxy) is 1. The first-order chi connectivity index (χ1) is 15.9. The molecule has 0 saturated carbocycles. The Kier molecular flexibility index (Phi) is 5.79. The van der Waals surface area contributed by atoms with Crippen molar-refractivity contribution in [3.63, 3.8) is 0 Å². The van der Waals surface area contributed by atoms with Crippen LogP contribution in [0.4, 0.5) is 16.4 Å². The summed E-state index contributed by atoms with van der Waals surface area (Å²) in [6, 6.07) is 1.84. The Bertz CT molecular complexity index is 1140. The molecule has 10 nitrogen and oxygen atoms in total. The van der Waals surface area contributed by atoms with Crippen molar-refractivity contribution in [1.29, 1.82) is 0 Å². The molecule has 1 aliphatic heterocycles. The standard InChI is InChI=1S/C22H27N4O6S/c1-14-12-20(32-24-14)25(17-8-10-31-11-9-17)33(29,30)26(28)22(27)23-21-18-6-2-4-15(18)13-16-5-3-7-19(16)21/h12-13,17H,2-11H2,1H3,(H,23,27)/q-1. The molecule has 2 amide bonds. The largest absolute Gasteiger partial charge is 0.740 e. The summed E-state index contributed by atoms with van der Waals surface area (Å²) in [7, 11) is -4.78. The lowest BCUT2D eigenvalue weighted by molar-refractivity contribution is 0.0866. The second kappa shape index (κ2) is 8.62. The summed E-state index contributed by atoms with van der Waals surface area (Å²) in [5, 5.41) is 19.4. The molecular weight excluding hydrogens is 448 g/mol. The van der Waals surface area contributed by atoms with Gasteiger partial charge in [-0.3, -0.25) is 4.47 Å². The van der Waals surface area contributed by atoms with Gasteiger partial charge in [-0.15, -0.1) is 0 Å². The number of fused-ring (bicyclic) bond motifs is 2. The van der Waals surface area contributed by atoms with E-state index in [1.807, 2.05) is 0 Å². The van der Waals surface area contributed by atoms with Crippen LogP contribution in [-0.2, 0) is 40.6 Å². The van der Waals surface area contributed by atoms with Gasteiger partial charge in [0, 0.05) is 25.0 Å². The van der Waals surface area contributed by atoms with Crippen molar-refractivity contribution >= 4 is 27.8 Å². The third-order valence-corrected chi connectivity index (χ3v) is 8.24. The number of nitrogens with one attached hydrogen (secondary N) is 1. The normalized spacial score (nSPS) is 18.1. The summed E-state index contributed by atoms with van der Waals surface area (Å²) in [5.74, 6) is -0.0884. The molecule has 0 atom stereocenters. The first-order valence-corrected chi connectivity index (χ1v) is 12.8. The van der Waals surface area contributed by atoms with E-state index in [4.69, 9.17) is 9.26 Å². The van der Waals surface area contributed by atoms with Gasteiger partial charge in [-0.2, -0.15) is 8.42 Å². The summed E-state index contributed by atoms with van der Waals surface area (Å²) >= 11 is 0. The third-order valence-electron chi connectivity index (χ3n) is 6.68. The van der Waals surface area contributed by atoms with Crippen LogP contribution in [0.15, 0.2) is 16.7 Å². The maximum absolute atomic E-state index is 13.4. The molecule has 0 radical (unpaired) electrons. The van der Waals surface area contributed by atoms with Gasteiger partial charge in [-0.05, 0) is 80.5 Å². The number of anilines is 2. The van der Waals surface area contributed by atoms with Gasteiger partial charge < -0.3 is 19.8 Å². The number of hydrogen-bond acceptors (Lipinski definition) is 7. The minimum Gasteiger partial charge on any atom is -0.740 e. The van der Waals surface area contributed by atoms with Crippen molar-refractivity contribution in [2.24, 2.45) is 0 Å². The first-order valence-electron chi connectivity index (χ1n) is 11.4. The number of carbonyl (C=O) groups excluding carboxylic acids is 1. The van der Waals surface area contributed by atoms with E-state index in [9.17, 15) is 18.4 Å². The number of carbonyl (C=O) groups is 1. The molecule has 1 fully saturated rings. The topological polar surface area (TPSA) is 128 Å². The molecule has 0 bridgehead atoms. The van der Waals surface area contributed by atoms with Gasteiger partial charge in [0.2, 0.25) is 5.88 Å².